The van der Waals surface area contributed by atoms with Gasteiger partial charge in [0, 0.05) is 9.79 Å². The molecule has 1 heterocycles. The van der Waals surface area contributed by atoms with Crippen LogP contribution in [0.15, 0.2) is 101 Å². The molecule has 28 heavy (non-hydrogen) atoms. The van der Waals surface area contributed by atoms with Gasteiger partial charge in [0.2, 0.25) is 5.91 Å². The molecule has 2 atom stereocenters. The minimum Gasteiger partial charge on any atom is -0.302 e. The fourth-order valence-electron chi connectivity index (χ4n) is 3.81. The molecule has 0 saturated heterocycles. The van der Waals surface area contributed by atoms with Crippen LogP contribution in [0.5, 0.6) is 0 Å². The monoisotopic (exact) mass is 401 g/mol. The molecule has 1 aliphatic carbocycles. The van der Waals surface area contributed by atoms with E-state index in [-0.39, 0.29) is 17.2 Å². The summed E-state index contributed by atoms with van der Waals surface area (Å²) in [5.41, 5.74) is 1.03. The molecular formula is C24H19NOS2. The van der Waals surface area contributed by atoms with E-state index >= 15 is 0 Å². The Kier molecular flexibility index (Phi) is 4.75. The molecule has 1 aliphatic heterocycles. The number of rotatable bonds is 3. The van der Waals surface area contributed by atoms with Crippen molar-refractivity contribution in [3.05, 3.63) is 91.0 Å². The zero-order valence-corrected chi connectivity index (χ0v) is 16.8. The van der Waals surface area contributed by atoms with Gasteiger partial charge in [0.1, 0.15) is 0 Å². The van der Waals surface area contributed by atoms with E-state index in [1.54, 1.807) is 11.8 Å². The van der Waals surface area contributed by atoms with Crippen molar-refractivity contribution in [1.29, 1.82) is 0 Å². The number of para-hydroxylation sites is 1. The maximum Gasteiger partial charge on any atom is 0.237 e. The van der Waals surface area contributed by atoms with Crippen LogP contribution in [-0.4, -0.2) is 23.0 Å². The average Bonchev–Trinajstić information content (AvgIpc) is 2.75. The van der Waals surface area contributed by atoms with Gasteiger partial charge in [-0.25, -0.2) is 0 Å². The molecule has 0 fully saturated rings. The van der Waals surface area contributed by atoms with Crippen molar-refractivity contribution in [2.75, 3.05) is 10.7 Å². The number of carbonyl (C=O) groups is 1. The van der Waals surface area contributed by atoms with Gasteiger partial charge in [0.25, 0.3) is 0 Å². The summed E-state index contributed by atoms with van der Waals surface area (Å²) in [6.45, 7) is 0. The first kappa shape index (κ1) is 17.7. The molecule has 138 valence electrons. The standard InChI is InChI=1S/C24H19NOS2/c26-24(16-27-21-15-7-9-17-8-1-2-10-18(17)21)25-19-11-3-5-13-22(19)28-23-14-6-4-12-20(23)25/h1-15,19,22H,16H2/t19-,22+/m0/s1. The minimum absolute atomic E-state index is 0.0746. The van der Waals surface area contributed by atoms with E-state index in [4.69, 9.17) is 0 Å². The number of amides is 1. The molecule has 3 aromatic rings. The van der Waals surface area contributed by atoms with E-state index in [1.165, 1.54) is 15.7 Å². The first-order valence-electron chi connectivity index (χ1n) is 9.34. The Morgan fingerprint density at radius 3 is 2.68 bits per heavy atom. The summed E-state index contributed by atoms with van der Waals surface area (Å²) in [5.74, 6) is 0.578. The van der Waals surface area contributed by atoms with Crippen molar-refractivity contribution in [2.45, 2.75) is 21.1 Å². The molecule has 0 aromatic heterocycles. The number of anilines is 1. The fraction of sp³-hybridized carbons (Fsp3) is 0.125. The molecule has 0 unspecified atom stereocenters. The second kappa shape index (κ2) is 7.53. The molecule has 1 amide bonds. The van der Waals surface area contributed by atoms with Gasteiger partial charge in [-0.05, 0) is 29.0 Å². The minimum atomic E-state index is 0.0746. The predicted molar refractivity (Wildman–Crippen MR) is 120 cm³/mol. The van der Waals surface area contributed by atoms with Gasteiger partial charge in [0.15, 0.2) is 0 Å². The molecule has 2 aliphatic rings. The molecule has 4 heteroatoms. The second-order valence-electron chi connectivity index (χ2n) is 6.84. The number of hydrogen-bond acceptors (Lipinski definition) is 3. The maximum absolute atomic E-state index is 13.4. The first-order valence-corrected chi connectivity index (χ1v) is 11.2. The summed E-state index contributed by atoms with van der Waals surface area (Å²) in [7, 11) is 0. The number of fused-ring (bicyclic) bond motifs is 3. The smallest absolute Gasteiger partial charge is 0.237 e. The topological polar surface area (TPSA) is 20.3 Å². The van der Waals surface area contributed by atoms with Gasteiger partial charge < -0.3 is 4.90 Å². The third kappa shape index (κ3) is 3.17. The van der Waals surface area contributed by atoms with Crippen molar-refractivity contribution in [3.63, 3.8) is 0 Å². The summed E-state index contributed by atoms with van der Waals surface area (Å²) >= 11 is 3.47. The van der Waals surface area contributed by atoms with E-state index in [0.29, 0.717) is 5.75 Å². The highest BCUT2D eigenvalue weighted by Gasteiger charge is 2.36. The van der Waals surface area contributed by atoms with Crippen molar-refractivity contribution < 1.29 is 4.79 Å². The van der Waals surface area contributed by atoms with Crippen molar-refractivity contribution >= 4 is 45.9 Å². The molecule has 2 nitrogen and oxygen atoms in total. The second-order valence-corrected chi connectivity index (χ2v) is 9.08. The van der Waals surface area contributed by atoms with Crippen molar-refractivity contribution in [2.24, 2.45) is 0 Å². The highest BCUT2D eigenvalue weighted by atomic mass is 32.2. The van der Waals surface area contributed by atoms with Crippen LogP contribution in [0.2, 0.25) is 0 Å². The van der Waals surface area contributed by atoms with E-state index in [1.807, 2.05) is 40.9 Å². The van der Waals surface area contributed by atoms with Gasteiger partial charge in [-0.1, -0.05) is 72.8 Å². The molecule has 0 spiro atoms. The number of allylic oxidation sites excluding steroid dienone is 2. The number of hydrogen-bond donors (Lipinski definition) is 0. The fourth-order valence-corrected chi connectivity index (χ4v) is 6.00. The van der Waals surface area contributed by atoms with Crippen LogP contribution in [-0.2, 0) is 4.79 Å². The molecule has 3 aromatic carbocycles. The number of thioether (sulfide) groups is 2. The lowest BCUT2D eigenvalue weighted by Gasteiger charge is -2.40. The lowest BCUT2D eigenvalue weighted by molar-refractivity contribution is -0.116. The number of benzene rings is 3. The van der Waals surface area contributed by atoms with Gasteiger partial charge in [-0.3, -0.25) is 4.79 Å². The van der Waals surface area contributed by atoms with E-state index in [0.717, 1.165) is 10.6 Å². The summed E-state index contributed by atoms with van der Waals surface area (Å²) in [6, 6.07) is 22.9. The summed E-state index contributed by atoms with van der Waals surface area (Å²) in [6.07, 6.45) is 8.47. The average molecular weight is 402 g/mol. The normalized spacial score (nSPS) is 20.1. The Hall–Kier alpha value is -2.43. The van der Waals surface area contributed by atoms with Gasteiger partial charge in [-0.2, -0.15) is 0 Å². The third-order valence-corrected chi connectivity index (χ3v) is 7.48. The van der Waals surface area contributed by atoms with E-state index in [2.05, 4.69) is 66.8 Å². The lowest BCUT2D eigenvalue weighted by Crippen LogP contribution is -2.48. The summed E-state index contributed by atoms with van der Waals surface area (Å²) in [5, 5.41) is 2.68. The third-order valence-electron chi connectivity index (χ3n) is 5.11. The van der Waals surface area contributed by atoms with Crippen molar-refractivity contribution in [3.8, 4) is 0 Å². The number of carbonyl (C=O) groups excluding carboxylic acids is 1. The SMILES string of the molecule is O=C(CSc1cccc2ccccc12)N1c2ccccc2S[C@@H]2C=CC=C[C@@H]21. The molecule has 0 saturated carbocycles. The summed E-state index contributed by atoms with van der Waals surface area (Å²) in [4.78, 5) is 17.7. The van der Waals surface area contributed by atoms with Crippen LogP contribution in [0.25, 0.3) is 10.8 Å². The van der Waals surface area contributed by atoms with Gasteiger partial charge >= 0.3 is 0 Å². The van der Waals surface area contributed by atoms with Crippen LogP contribution in [0.3, 0.4) is 0 Å². The maximum atomic E-state index is 13.4. The van der Waals surface area contributed by atoms with Gasteiger partial charge in [-0.15, -0.1) is 23.5 Å². The van der Waals surface area contributed by atoms with E-state index in [9.17, 15) is 4.79 Å². The first-order chi connectivity index (χ1) is 13.8. The highest BCUT2D eigenvalue weighted by molar-refractivity contribution is 8.00. The molecule has 5 rings (SSSR count). The molecular weight excluding hydrogens is 382 g/mol. The Balaban J connectivity index is 1.44. The zero-order valence-electron chi connectivity index (χ0n) is 15.2. The Bertz CT molecular complexity index is 1100. The van der Waals surface area contributed by atoms with E-state index < -0.39 is 0 Å². The van der Waals surface area contributed by atoms with Crippen LogP contribution in [0.4, 0.5) is 5.69 Å². The highest BCUT2D eigenvalue weighted by Crippen LogP contribution is 2.44. The van der Waals surface area contributed by atoms with Crippen LogP contribution < -0.4 is 4.90 Å². The summed E-state index contributed by atoms with van der Waals surface area (Å²) < 4.78 is 0. The Labute approximate surface area is 173 Å². The van der Waals surface area contributed by atoms with Crippen LogP contribution in [0, 0.1) is 0 Å². The van der Waals surface area contributed by atoms with Crippen molar-refractivity contribution in [1.82, 2.24) is 0 Å². The lowest BCUT2D eigenvalue weighted by atomic mass is 10.0. The van der Waals surface area contributed by atoms with Gasteiger partial charge in [0.05, 0.1) is 22.7 Å². The van der Waals surface area contributed by atoms with Crippen LogP contribution >= 0.6 is 23.5 Å². The number of nitrogens with zero attached hydrogens (tertiary/aromatic N) is 1. The predicted octanol–water partition coefficient (Wildman–Crippen LogP) is 5.93. The largest absolute Gasteiger partial charge is 0.302 e. The Morgan fingerprint density at radius 1 is 0.929 bits per heavy atom. The van der Waals surface area contributed by atoms with Crippen LogP contribution in [0.1, 0.15) is 0 Å². The Morgan fingerprint density at radius 2 is 1.71 bits per heavy atom. The molecule has 0 N–H and O–H groups in total. The molecule has 0 bridgehead atoms. The zero-order chi connectivity index (χ0) is 18.9. The molecule has 0 radical (unpaired) electrons. The quantitative estimate of drug-likeness (QED) is 0.507.